The molecule has 1 aliphatic carbocycles. The summed E-state index contributed by atoms with van der Waals surface area (Å²) in [7, 11) is -4.20. The van der Waals surface area contributed by atoms with Crippen molar-refractivity contribution in [1.82, 2.24) is 5.32 Å². The SMILES string of the molecule is NS(=O)(=O)c1cc(F)c(OCCC(=O)NC2CC2)c(F)c1. The number of amides is 1. The highest BCUT2D eigenvalue weighted by molar-refractivity contribution is 7.89. The summed E-state index contributed by atoms with van der Waals surface area (Å²) in [5.74, 6) is -3.38. The zero-order valence-corrected chi connectivity index (χ0v) is 11.8. The van der Waals surface area contributed by atoms with Crippen LogP contribution >= 0.6 is 0 Å². The zero-order valence-electron chi connectivity index (χ0n) is 10.9. The lowest BCUT2D eigenvalue weighted by atomic mass is 10.3. The van der Waals surface area contributed by atoms with Crippen LogP contribution in [0.2, 0.25) is 0 Å². The van der Waals surface area contributed by atoms with Crippen LogP contribution in [0.15, 0.2) is 17.0 Å². The fourth-order valence-electron chi connectivity index (χ4n) is 1.61. The van der Waals surface area contributed by atoms with Crippen molar-refractivity contribution in [3.8, 4) is 5.75 Å². The standard InChI is InChI=1S/C12H14F2N2O4S/c13-9-5-8(21(15,18)19)6-10(14)12(9)20-4-3-11(17)16-7-1-2-7/h5-7H,1-4H2,(H,16,17)(H2,15,18,19). The number of hydrogen-bond acceptors (Lipinski definition) is 4. The predicted octanol–water partition coefficient (Wildman–Crippen LogP) is 0.660. The number of rotatable bonds is 6. The second-order valence-corrected chi connectivity index (χ2v) is 6.26. The lowest BCUT2D eigenvalue weighted by Crippen LogP contribution is -2.26. The lowest BCUT2D eigenvalue weighted by Gasteiger charge is -2.09. The van der Waals surface area contributed by atoms with E-state index in [1.54, 1.807) is 0 Å². The molecule has 1 amide bonds. The van der Waals surface area contributed by atoms with E-state index in [4.69, 9.17) is 9.88 Å². The van der Waals surface area contributed by atoms with Gasteiger partial charge in [-0.2, -0.15) is 0 Å². The Morgan fingerprint density at radius 2 is 1.90 bits per heavy atom. The summed E-state index contributed by atoms with van der Waals surface area (Å²) < 4.78 is 54.1. The molecule has 0 unspecified atom stereocenters. The average molecular weight is 320 g/mol. The summed E-state index contributed by atoms with van der Waals surface area (Å²) in [4.78, 5) is 10.7. The van der Waals surface area contributed by atoms with E-state index in [2.05, 4.69) is 5.32 Å². The number of carbonyl (C=O) groups is 1. The first-order chi connectivity index (χ1) is 9.77. The van der Waals surface area contributed by atoms with Crippen LogP contribution in [0.25, 0.3) is 0 Å². The van der Waals surface area contributed by atoms with Crippen molar-refractivity contribution >= 4 is 15.9 Å². The predicted molar refractivity (Wildman–Crippen MR) is 69.0 cm³/mol. The number of nitrogens with one attached hydrogen (secondary N) is 1. The number of primary sulfonamides is 1. The van der Waals surface area contributed by atoms with E-state index in [9.17, 15) is 22.0 Å². The molecule has 21 heavy (non-hydrogen) atoms. The van der Waals surface area contributed by atoms with Crippen molar-refractivity contribution in [1.29, 1.82) is 0 Å². The summed E-state index contributed by atoms with van der Waals surface area (Å²) >= 11 is 0. The Morgan fingerprint density at radius 3 is 2.38 bits per heavy atom. The normalized spacial score (nSPS) is 14.8. The largest absolute Gasteiger partial charge is 0.487 e. The second kappa shape index (κ2) is 5.94. The quantitative estimate of drug-likeness (QED) is 0.804. The van der Waals surface area contributed by atoms with E-state index in [1.165, 1.54) is 0 Å². The Hall–Kier alpha value is -1.74. The molecule has 0 saturated heterocycles. The first kappa shape index (κ1) is 15.6. The highest BCUT2D eigenvalue weighted by Gasteiger charge is 2.23. The molecule has 0 radical (unpaired) electrons. The Bertz CT molecular complexity index is 636. The minimum atomic E-state index is -4.20. The lowest BCUT2D eigenvalue weighted by molar-refractivity contribution is -0.121. The molecule has 0 spiro atoms. The molecule has 0 aromatic heterocycles. The second-order valence-electron chi connectivity index (χ2n) is 4.70. The highest BCUT2D eigenvalue weighted by Crippen LogP contribution is 2.25. The third kappa shape index (κ3) is 4.36. The highest BCUT2D eigenvalue weighted by atomic mass is 32.2. The third-order valence-corrected chi connectivity index (χ3v) is 3.71. The summed E-state index contributed by atoms with van der Waals surface area (Å²) in [6, 6.07) is 1.33. The van der Waals surface area contributed by atoms with Crippen LogP contribution in [0, 0.1) is 11.6 Å². The van der Waals surface area contributed by atoms with E-state index >= 15 is 0 Å². The number of hydrogen-bond donors (Lipinski definition) is 2. The van der Waals surface area contributed by atoms with E-state index in [1.807, 2.05) is 0 Å². The van der Waals surface area contributed by atoms with Gasteiger partial charge in [0.05, 0.1) is 17.9 Å². The van der Waals surface area contributed by atoms with Gasteiger partial charge in [-0.15, -0.1) is 0 Å². The summed E-state index contributed by atoms with van der Waals surface area (Å²) in [6.45, 7) is -0.221. The molecule has 1 aromatic rings. The monoisotopic (exact) mass is 320 g/mol. The number of sulfonamides is 1. The number of halogens is 2. The number of ether oxygens (including phenoxy) is 1. The van der Waals surface area contributed by atoms with Gasteiger partial charge in [-0.05, 0) is 25.0 Å². The Morgan fingerprint density at radius 1 is 1.33 bits per heavy atom. The number of nitrogens with two attached hydrogens (primary N) is 1. The summed E-state index contributed by atoms with van der Waals surface area (Å²) in [6.07, 6.45) is 1.82. The molecule has 1 fully saturated rings. The van der Waals surface area contributed by atoms with Crippen LogP contribution in [0.1, 0.15) is 19.3 Å². The molecule has 0 bridgehead atoms. The summed E-state index contributed by atoms with van der Waals surface area (Å²) in [5, 5.41) is 7.48. The topological polar surface area (TPSA) is 98.5 Å². The molecule has 0 atom stereocenters. The van der Waals surface area contributed by atoms with Gasteiger partial charge < -0.3 is 10.1 Å². The van der Waals surface area contributed by atoms with E-state index < -0.39 is 32.3 Å². The van der Waals surface area contributed by atoms with Crippen LogP contribution < -0.4 is 15.2 Å². The van der Waals surface area contributed by atoms with Crippen LogP contribution in [0.3, 0.4) is 0 Å². The fourth-order valence-corrected chi connectivity index (χ4v) is 2.15. The molecule has 1 aromatic carbocycles. The Kier molecular flexibility index (Phi) is 4.43. The molecular weight excluding hydrogens is 306 g/mol. The molecular formula is C12H14F2N2O4S. The van der Waals surface area contributed by atoms with Crippen molar-refractivity contribution in [3.63, 3.8) is 0 Å². The van der Waals surface area contributed by atoms with Gasteiger partial charge in [-0.3, -0.25) is 4.79 Å². The van der Waals surface area contributed by atoms with Crippen LogP contribution in [-0.2, 0) is 14.8 Å². The van der Waals surface area contributed by atoms with Crippen LogP contribution in [0.4, 0.5) is 8.78 Å². The van der Waals surface area contributed by atoms with Crippen LogP contribution in [-0.4, -0.2) is 27.0 Å². The van der Waals surface area contributed by atoms with Gasteiger partial charge >= 0.3 is 0 Å². The minimum absolute atomic E-state index is 0.0493. The smallest absolute Gasteiger partial charge is 0.238 e. The maximum atomic E-state index is 13.6. The summed E-state index contributed by atoms with van der Waals surface area (Å²) in [5.41, 5.74) is 0. The van der Waals surface area contributed by atoms with Crippen molar-refractivity contribution in [2.75, 3.05) is 6.61 Å². The minimum Gasteiger partial charge on any atom is -0.487 e. The van der Waals surface area contributed by atoms with Gasteiger partial charge in [0.2, 0.25) is 15.9 Å². The molecule has 1 aliphatic rings. The maximum Gasteiger partial charge on any atom is 0.238 e. The van der Waals surface area contributed by atoms with Crippen molar-refractivity contribution in [2.24, 2.45) is 5.14 Å². The van der Waals surface area contributed by atoms with E-state index in [-0.39, 0.29) is 25.0 Å². The molecule has 6 nitrogen and oxygen atoms in total. The van der Waals surface area contributed by atoms with Gasteiger partial charge in [0.1, 0.15) is 0 Å². The molecule has 0 heterocycles. The third-order valence-electron chi connectivity index (χ3n) is 2.82. The van der Waals surface area contributed by atoms with Gasteiger partial charge in [0, 0.05) is 6.04 Å². The van der Waals surface area contributed by atoms with E-state index in [0.29, 0.717) is 12.1 Å². The van der Waals surface area contributed by atoms with Crippen molar-refractivity contribution in [3.05, 3.63) is 23.8 Å². The first-order valence-electron chi connectivity index (χ1n) is 6.21. The van der Waals surface area contributed by atoms with Crippen LogP contribution in [0.5, 0.6) is 5.75 Å². The first-order valence-corrected chi connectivity index (χ1v) is 7.76. The van der Waals surface area contributed by atoms with Gasteiger partial charge in [-0.25, -0.2) is 22.3 Å². The molecule has 1 saturated carbocycles. The van der Waals surface area contributed by atoms with Crippen molar-refractivity contribution in [2.45, 2.75) is 30.2 Å². The van der Waals surface area contributed by atoms with Gasteiger partial charge in [0.15, 0.2) is 17.4 Å². The van der Waals surface area contributed by atoms with E-state index in [0.717, 1.165) is 12.8 Å². The number of carbonyl (C=O) groups excluding carboxylic acids is 1. The van der Waals surface area contributed by atoms with Crippen molar-refractivity contribution < 1.29 is 26.7 Å². The molecule has 0 aliphatic heterocycles. The Balaban J connectivity index is 1.98. The average Bonchev–Trinajstić information content (AvgIpc) is 3.15. The molecule has 2 rings (SSSR count). The fraction of sp³-hybridized carbons (Fsp3) is 0.417. The zero-order chi connectivity index (χ0) is 15.6. The maximum absolute atomic E-state index is 13.6. The van der Waals surface area contributed by atoms with Gasteiger partial charge in [0.25, 0.3) is 0 Å². The number of benzene rings is 1. The molecule has 116 valence electrons. The molecule has 9 heteroatoms. The Labute approximate surface area is 120 Å². The van der Waals surface area contributed by atoms with Gasteiger partial charge in [-0.1, -0.05) is 0 Å². The molecule has 3 N–H and O–H groups in total.